The number of piperidine rings is 1. The summed E-state index contributed by atoms with van der Waals surface area (Å²) < 4.78 is 10.9. The molecule has 0 bridgehead atoms. The number of likely N-dealkylation sites (tertiary alicyclic amines) is 1. The number of ether oxygens (including phenoxy) is 2. The van der Waals surface area contributed by atoms with Crippen molar-refractivity contribution in [2.45, 2.75) is 26.2 Å². The third kappa shape index (κ3) is 6.77. The van der Waals surface area contributed by atoms with E-state index in [1.807, 2.05) is 11.8 Å². The van der Waals surface area contributed by atoms with E-state index in [1.165, 1.54) is 6.42 Å². The van der Waals surface area contributed by atoms with E-state index in [-0.39, 0.29) is 16.9 Å². The molecule has 0 radical (unpaired) electrons. The number of carbonyl (C=O) groups is 2. The van der Waals surface area contributed by atoms with Crippen molar-refractivity contribution >= 4 is 34.8 Å². The normalized spacial score (nSPS) is 13.3. The van der Waals surface area contributed by atoms with Gasteiger partial charge in [-0.2, -0.15) is 0 Å². The van der Waals surface area contributed by atoms with Gasteiger partial charge < -0.3 is 19.7 Å². The summed E-state index contributed by atoms with van der Waals surface area (Å²) in [6.07, 6.45) is 3.29. The van der Waals surface area contributed by atoms with Gasteiger partial charge in [-0.3, -0.25) is 14.9 Å². The zero-order chi connectivity index (χ0) is 22.8. The molecule has 0 saturated carbocycles. The molecule has 170 valence electrons. The lowest BCUT2D eigenvalue weighted by atomic mass is 10.1. The Morgan fingerprint density at radius 2 is 1.72 bits per heavy atom. The van der Waals surface area contributed by atoms with Gasteiger partial charge >= 0.3 is 0 Å². The van der Waals surface area contributed by atoms with Gasteiger partial charge in [-0.05, 0) is 74.8 Å². The van der Waals surface area contributed by atoms with Gasteiger partial charge in [0.05, 0.1) is 12.2 Å². The molecule has 7 nitrogen and oxygen atoms in total. The van der Waals surface area contributed by atoms with Crippen LogP contribution in [0.1, 0.15) is 46.9 Å². The van der Waals surface area contributed by atoms with Crippen LogP contribution in [-0.2, 0) is 4.74 Å². The zero-order valence-corrected chi connectivity index (χ0v) is 19.1. The minimum absolute atomic E-state index is 0.0491. The first-order valence-electron chi connectivity index (χ1n) is 10.9. The van der Waals surface area contributed by atoms with Gasteiger partial charge in [0.2, 0.25) is 0 Å². The molecule has 0 unspecified atom stereocenters. The minimum Gasteiger partial charge on any atom is -0.490 e. The maximum atomic E-state index is 12.7. The number of nitrogens with one attached hydrogen (secondary N) is 2. The van der Waals surface area contributed by atoms with Gasteiger partial charge in [0, 0.05) is 30.9 Å². The van der Waals surface area contributed by atoms with E-state index in [4.69, 9.17) is 21.7 Å². The smallest absolute Gasteiger partial charge is 0.261 e. The molecule has 0 spiro atoms. The number of hydrogen-bond acceptors (Lipinski definition) is 5. The fourth-order valence-electron chi connectivity index (χ4n) is 3.44. The van der Waals surface area contributed by atoms with Crippen LogP contribution in [0.4, 0.5) is 5.69 Å². The minimum atomic E-state index is -0.369. The molecular weight excluding hydrogens is 426 g/mol. The quantitative estimate of drug-likeness (QED) is 0.465. The average Bonchev–Trinajstić information content (AvgIpc) is 2.82. The van der Waals surface area contributed by atoms with Crippen LogP contribution in [0.15, 0.2) is 48.5 Å². The molecule has 0 aliphatic carbocycles. The average molecular weight is 456 g/mol. The number of benzene rings is 2. The van der Waals surface area contributed by atoms with Gasteiger partial charge in [-0.25, -0.2) is 0 Å². The molecule has 1 fully saturated rings. The molecule has 1 heterocycles. The maximum absolute atomic E-state index is 12.7. The number of hydrogen-bond donors (Lipinski definition) is 2. The topological polar surface area (TPSA) is 79.9 Å². The number of para-hydroxylation sites is 1. The Morgan fingerprint density at radius 1 is 1.00 bits per heavy atom. The molecule has 2 aromatic rings. The number of anilines is 1. The zero-order valence-electron chi connectivity index (χ0n) is 18.3. The van der Waals surface area contributed by atoms with E-state index in [9.17, 15) is 9.59 Å². The van der Waals surface area contributed by atoms with Crippen molar-refractivity contribution in [1.29, 1.82) is 0 Å². The van der Waals surface area contributed by atoms with Crippen LogP contribution < -0.4 is 15.4 Å². The standard InChI is InChI=1S/C24H29N3O4S/c1-2-30-16-17-31-21-9-5-4-8-20(21)22(28)26-24(32)25-19-12-10-18(11-13-19)23(29)27-14-6-3-7-15-27/h4-5,8-13H,2-3,6-7,14-17H2,1H3,(H2,25,26,28,32). The molecule has 1 aliphatic heterocycles. The van der Waals surface area contributed by atoms with Crippen molar-refractivity contribution in [3.05, 3.63) is 59.7 Å². The van der Waals surface area contributed by atoms with E-state index in [2.05, 4.69) is 10.6 Å². The summed E-state index contributed by atoms with van der Waals surface area (Å²) in [5, 5.41) is 5.81. The van der Waals surface area contributed by atoms with Gasteiger partial charge in [0.15, 0.2) is 5.11 Å². The first-order valence-corrected chi connectivity index (χ1v) is 11.3. The molecule has 2 N–H and O–H groups in total. The third-order valence-electron chi connectivity index (χ3n) is 5.08. The Kier molecular flexibility index (Phi) is 9.01. The lowest BCUT2D eigenvalue weighted by Crippen LogP contribution is -2.35. The van der Waals surface area contributed by atoms with Crippen molar-refractivity contribution in [1.82, 2.24) is 10.2 Å². The van der Waals surface area contributed by atoms with Crippen molar-refractivity contribution in [3.8, 4) is 5.75 Å². The second-order valence-corrected chi connectivity index (χ2v) is 7.79. The summed E-state index contributed by atoms with van der Waals surface area (Å²) in [7, 11) is 0. The highest BCUT2D eigenvalue weighted by Crippen LogP contribution is 2.18. The summed E-state index contributed by atoms with van der Waals surface area (Å²) in [6, 6.07) is 14.1. The molecule has 0 aromatic heterocycles. The second kappa shape index (κ2) is 12.2. The third-order valence-corrected chi connectivity index (χ3v) is 5.29. The summed E-state index contributed by atoms with van der Waals surface area (Å²) in [4.78, 5) is 27.1. The van der Waals surface area contributed by atoms with Crippen molar-refractivity contribution in [2.24, 2.45) is 0 Å². The number of carbonyl (C=O) groups excluding carboxylic acids is 2. The Balaban J connectivity index is 1.54. The Hall–Kier alpha value is -2.97. The molecule has 8 heteroatoms. The Morgan fingerprint density at radius 3 is 2.44 bits per heavy atom. The molecule has 2 aromatic carbocycles. The number of amides is 2. The molecule has 2 amide bonds. The van der Waals surface area contributed by atoms with Crippen molar-refractivity contribution < 1.29 is 19.1 Å². The maximum Gasteiger partial charge on any atom is 0.261 e. The first-order chi connectivity index (χ1) is 15.6. The van der Waals surface area contributed by atoms with E-state index in [1.54, 1.807) is 48.5 Å². The predicted octanol–water partition coefficient (Wildman–Crippen LogP) is 3.85. The SMILES string of the molecule is CCOCCOc1ccccc1C(=O)NC(=S)Nc1ccc(C(=O)N2CCCCC2)cc1. The van der Waals surface area contributed by atoms with Crippen LogP contribution in [0, 0.1) is 0 Å². The highest BCUT2D eigenvalue weighted by atomic mass is 32.1. The van der Waals surface area contributed by atoms with Gasteiger partial charge in [0.1, 0.15) is 12.4 Å². The van der Waals surface area contributed by atoms with E-state index in [0.717, 1.165) is 25.9 Å². The van der Waals surface area contributed by atoms with E-state index in [0.29, 0.717) is 42.4 Å². The molecule has 1 aliphatic rings. The number of nitrogens with zero attached hydrogens (tertiary/aromatic N) is 1. The second-order valence-electron chi connectivity index (χ2n) is 7.38. The van der Waals surface area contributed by atoms with Crippen LogP contribution in [0.5, 0.6) is 5.75 Å². The Bertz CT molecular complexity index is 927. The van der Waals surface area contributed by atoms with Crippen molar-refractivity contribution in [3.63, 3.8) is 0 Å². The molecule has 3 rings (SSSR count). The molecule has 1 saturated heterocycles. The fourth-order valence-corrected chi connectivity index (χ4v) is 3.65. The van der Waals surface area contributed by atoms with Crippen LogP contribution in [0.3, 0.4) is 0 Å². The van der Waals surface area contributed by atoms with E-state index >= 15 is 0 Å². The summed E-state index contributed by atoms with van der Waals surface area (Å²) >= 11 is 5.29. The monoisotopic (exact) mass is 455 g/mol. The predicted molar refractivity (Wildman–Crippen MR) is 128 cm³/mol. The van der Waals surface area contributed by atoms with Gasteiger partial charge in [-0.1, -0.05) is 12.1 Å². The van der Waals surface area contributed by atoms with Gasteiger partial charge in [0.25, 0.3) is 11.8 Å². The number of thiocarbonyl (C=S) groups is 1. The molecule has 0 atom stereocenters. The largest absolute Gasteiger partial charge is 0.490 e. The summed E-state index contributed by atoms with van der Waals surface area (Å²) in [6.45, 7) is 4.94. The number of rotatable bonds is 8. The fraction of sp³-hybridized carbons (Fsp3) is 0.375. The summed E-state index contributed by atoms with van der Waals surface area (Å²) in [5.74, 6) is 0.146. The van der Waals surface area contributed by atoms with Crippen LogP contribution in [0.25, 0.3) is 0 Å². The summed E-state index contributed by atoms with van der Waals surface area (Å²) in [5.41, 5.74) is 1.72. The highest BCUT2D eigenvalue weighted by molar-refractivity contribution is 7.80. The Labute approximate surface area is 194 Å². The lowest BCUT2D eigenvalue weighted by Gasteiger charge is -2.26. The van der Waals surface area contributed by atoms with Crippen LogP contribution in [-0.4, -0.2) is 54.7 Å². The van der Waals surface area contributed by atoms with Crippen molar-refractivity contribution in [2.75, 3.05) is 38.2 Å². The van der Waals surface area contributed by atoms with Crippen LogP contribution >= 0.6 is 12.2 Å². The molecular formula is C24H29N3O4S. The van der Waals surface area contributed by atoms with E-state index < -0.39 is 0 Å². The highest BCUT2D eigenvalue weighted by Gasteiger charge is 2.18. The van der Waals surface area contributed by atoms with Crippen LogP contribution in [0.2, 0.25) is 0 Å². The first kappa shape index (κ1) is 23.7. The molecule has 32 heavy (non-hydrogen) atoms. The van der Waals surface area contributed by atoms with Gasteiger partial charge in [-0.15, -0.1) is 0 Å². The lowest BCUT2D eigenvalue weighted by molar-refractivity contribution is 0.0724.